The second-order valence-corrected chi connectivity index (χ2v) is 12.7. The highest BCUT2D eigenvalue weighted by Crippen LogP contribution is 2.30. The summed E-state index contributed by atoms with van der Waals surface area (Å²) < 4.78 is 0. The zero-order valence-electron chi connectivity index (χ0n) is 15.6. The quantitative estimate of drug-likeness (QED) is 0.449. The number of aryl methyl sites for hydroxylation is 1. The second kappa shape index (κ2) is 7.24. The van der Waals surface area contributed by atoms with Gasteiger partial charge in [0.25, 0.3) is 0 Å². The van der Waals surface area contributed by atoms with Crippen molar-refractivity contribution in [2.75, 3.05) is 0 Å². The fourth-order valence-electron chi connectivity index (χ4n) is 3.10. The van der Waals surface area contributed by atoms with E-state index in [1.165, 1.54) is 33.4 Å². The van der Waals surface area contributed by atoms with Gasteiger partial charge < -0.3 is 0 Å². The zero-order chi connectivity index (χ0) is 17.9. The van der Waals surface area contributed by atoms with Gasteiger partial charge in [-0.15, -0.1) is 0 Å². The standard InChI is InChI=1S/C24H26Si/c1-19-10-8-9-13-23(19)24(18-25(2,3)4)22-16-14-21(15-17-22)20-11-6-5-7-12-20/h5-18H,1-4H3/b24-18+. The van der Waals surface area contributed by atoms with Crippen LogP contribution in [-0.2, 0) is 0 Å². The number of rotatable bonds is 4. The van der Waals surface area contributed by atoms with Crippen LogP contribution in [0.15, 0.2) is 84.6 Å². The SMILES string of the molecule is Cc1ccccc1/C(=C/[Si](C)(C)C)c1ccc(-c2ccccc2)cc1. The maximum atomic E-state index is 2.52. The summed E-state index contributed by atoms with van der Waals surface area (Å²) in [7, 11) is -1.35. The Morgan fingerprint density at radius 2 is 1.24 bits per heavy atom. The lowest BCUT2D eigenvalue weighted by Gasteiger charge is -2.18. The first-order valence-electron chi connectivity index (χ1n) is 8.89. The second-order valence-electron chi connectivity index (χ2n) is 7.68. The normalized spacial score (nSPS) is 12.2. The molecule has 0 radical (unpaired) electrons. The Balaban J connectivity index is 2.06. The molecule has 0 aromatic heterocycles. The molecular weight excluding hydrogens is 316 g/mol. The van der Waals surface area contributed by atoms with Gasteiger partial charge in [0, 0.05) is 0 Å². The van der Waals surface area contributed by atoms with Crippen LogP contribution >= 0.6 is 0 Å². The molecule has 1 heteroatoms. The number of benzene rings is 3. The summed E-state index contributed by atoms with van der Waals surface area (Å²) in [5.41, 5.74) is 10.4. The van der Waals surface area contributed by atoms with Crippen molar-refractivity contribution in [3.63, 3.8) is 0 Å². The molecule has 0 aliphatic carbocycles. The predicted octanol–water partition coefficient (Wildman–Crippen LogP) is 6.97. The Hall–Kier alpha value is -2.38. The van der Waals surface area contributed by atoms with E-state index in [2.05, 4.69) is 111 Å². The predicted molar refractivity (Wildman–Crippen MR) is 113 cm³/mol. The van der Waals surface area contributed by atoms with Crippen molar-refractivity contribution in [3.8, 4) is 11.1 Å². The molecule has 0 atom stereocenters. The van der Waals surface area contributed by atoms with Crippen molar-refractivity contribution in [2.45, 2.75) is 26.6 Å². The van der Waals surface area contributed by atoms with E-state index < -0.39 is 8.07 Å². The third kappa shape index (κ3) is 4.37. The topological polar surface area (TPSA) is 0 Å². The third-order valence-electron chi connectivity index (χ3n) is 4.32. The van der Waals surface area contributed by atoms with Crippen LogP contribution in [0, 0.1) is 6.92 Å². The Kier molecular flexibility index (Phi) is 5.05. The van der Waals surface area contributed by atoms with Gasteiger partial charge in [0.05, 0.1) is 8.07 Å². The molecule has 0 heterocycles. The lowest BCUT2D eigenvalue weighted by atomic mass is 9.94. The van der Waals surface area contributed by atoms with Crippen LogP contribution in [-0.4, -0.2) is 8.07 Å². The minimum absolute atomic E-state index is 1.26. The highest BCUT2D eigenvalue weighted by atomic mass is 28.3. The largest absolute Gasteiger partial charge is 0.0867 e. The smallest absolute Gasteiger partial charge is 0.0695 e. The summed E-state index contributed by atoms with van der Waals surface area (Å²) in [6, 6.07) is 28.3. The van der Waals surface area contributed by atoms with Crippen LogP contribution in [0.5, 0.6) is 0 Å². The molecule has 0 N–H and O–H groups in total. The average Bonchev–Trinajstić information content (AvgIpc) is 2.61. The molecule has 0 saturated carbocycles. The van der Waals surface area contributed by atoms with Crippen LogP contribution in [0.3, 0.4) is 0 Å². The van der Waals surface area contributed by atoms with Crippen molar-refractivity contribution >= 4 is 13.6 Å². The van der Waals surface area contributed by atoms with E-state index in [9.17, 15) is 0 Å². The molecule has 0 unspecified atom stereocenters. The van der Waals surface area contributed by atoms with E-state index in [0.29, 0.717) is 0 Å². The lowest BCUT2D eigenvalue weighted by molar-refractivity contribution is 1.41. The Labute approximate surface area is 152 Å². The van der Waals surface area contributed by atoms with Gasteiger partial charge in [-0.1, -0.05) is 104 Å². The zero-order valence-corrected chi connectivity index (χ0v) is 16.6. The van der Waals surface area contributed by atoms with E-state index in [1.54, 1.807) is 0 Å². The van der Waals surface area contributed by atoms with E-state index in [0.717, 1.165) is 0 Å². The van der Waals surface area contributed by atoms with Gasteiger partial charge in [-0.05, 0) is 40.3 Å². The number of hydrogen-bond donors (Lipinski definition) is 0. The van der Waals surface area contributed by atoms with Crippen molar-refractivity contribution in [2.24, 2.45) is 0 Å². The average molecular weight is 343 g/mol. The highest BCUT2D eigenvalue weighted by Gasteiger charge is 2.15. The molecule has 3 aromatic rings. The minimum Gasteiger partial charge on any atom is -0.0867 e. The van der Waals surface area contributed by atoms with Gasteiger partial charge in [0.2, 0.25) is 0 Å². The summed E-state index contributed by atoms with van der Waals surface area (Å²) in [5.74, 6) is 0. The van der Waals surface area contributed by atoms with Gasteiger partial charge in [-0.3, -0.25) is 0 Å². The van der Waals surface area contributed by atoms with E-state index in [1.807, 2.05) is 0 Å². The van der Waals surface area contributed by atoms with Crippen LogP contribution in [0.2, 0.25) is 19.6 Å². The van der Waals surface area contributed by atoms with Gasteiger partial charge in [0.15, 0.2) is 0 Å². The fourth-order valence-corrected chi connectivity index (χ4v) is 4.29. The highest BCUT2D eigenvalue weighted by molar-refractivity contribution is 6.81. The maximum absolute atomic E-state index is 2.52. The van der Waals surface area contributed by atoms with Crippen LogP contribution in [0.25, 0.3) is 16.7 Å². The molecule has 0 fully saturated rings. The first-order chi connectivity index (χ1) is 11.9. The van der Waals surface area contributed by atoms with Gasteiger partial charge in [-0.25, -0.2) is 0 Å². The summed E-state index contributed by atoms with van der Waals surface area (Å²) >= 11 is 0. The molecular formula is C24H26Si. The van der Waals surface area contributed by atoms with Crippen molar-refractivity contribution in [3.05, 3.63) is 101 Å². The molecule has 25 heavy (non-hydrogen) atoms. The molecule has 0 amide bonds. The molecule has 0 aliphatic rings. The van der Waals surface area contributed by atoms with Crippen LogP contribution in [0.4, 0.5) is 0 Å². The van der Waals surface area contributed by atoms with Gasteiger partial charge in [-0.2, -0.15) is 0 Å². The van der Waals surface area contributed by atoms with Crippen LogP contribution < -0.4 is 0 Å². The van der Waals surface area contributed by atoms with Gasteiger partial charge in [0.1, 0.15) is 0 Å². The molecule has 0 aliphatic heterocycles. The first-order valence-corrected chi connectivity index (χ1v) is 12.5. The molecule has 126 valence electrons. The van der Waals surface area contributed by atoms with Crippen LogP contribution in [0.1, 0.15) is 16.7 Å². The molecule has 3 rings (SSSR count). The Bertz CT molecular complexity index is 866. The fraction of sp³-hybridized carbons (Fsp3) is 0.167. The molecule has 0 spiro atoms. The van der Waals surface area contributed by atoms with Gasteiger partial charge >= 0.3 is 0 Å². The molecule has 3 aromatic carbocycles. The van der Waals surface area contributed by atoms with Crippen molar-refractivity contribution < 1.29 is 0 Å². The first kappa shape index (κ1) is 17.4. The minimum atomic E-state index is -1.35. The van der Waals surface area contributed by atoms with E-state index in [4.69, 9.17) is 0 Å². The number of hydrogen-bond acceptors (Lipinski definition) is 0. The van der Waals surface area contributed by atoms with Crippen molar-refractivity contribution in [1.82, 2.24) is 0 Å². The summed E-state index contributed by atoms with van der Waals surface area (Å²) in [4.78, 5) is 0. The molecule has 0 nitrogen and oxygen atoms in total. The summed E-state index contributed by atoms with van der Waals surface area (Å²) in [6.45, 7) is 9.38. The maximum Gasteiger partial charge on any atom is 0.0695 e. The third-order valence-corrected chi connectivity index (χ3v) is 5.47. The Morgan fingerprint density at radius 3 is 1.84 bits per heavy atom. The molecule has 0 saturated heterocycles. The lowest BCUT2D eigenvalue weighted by Crippen LogP contribution is -2.17. The summed E-state index contributed by atoms with van der Waals surface area (Å²) in [5, 5.41) is 0. The van der Waals surface area contributed by atoms with E-state index in [-0.39, 0.29) is 0 Å². The monoisotopic (exact) mass is 342 g/mol. The summed E-state index contributed by atoms with van der Waals surface area (Å²) in [6.07, 6.45) is 0. The molecule has 0 bridgehead atoms. The Morgan fingerprint density at radius 1 is 0.680 bits per heavy atom. The van der Waals surface area contributed by atoms with Crippen molar-refractivity contribution in [1.29, 1.82) is 0 Å². The van der Waals surface area contributed by atoms with E-state index >= 15 is 0 Å².